The molecule has 316 valence electrons. The van der Waals surface area contributed by atoms with Crippen LogP contribution in [0, 0.1) is 0 Å². The third-order valence-corrected chi connectivity index (χ3v) is 14.2. The van der Waals surface area contributed by atoms with Crippen LogP contribution in [0.3, 0.4) is 0 Å². The molecule has 5 heteroatoms. The van der Waals surface area contributed by atoms with Crippen molar-refractivity contribution in [2.24, 2.45) is 9.98 Å². The quantitative estimate of drug-likeness (QED) is 0.162. The molecule has 0 fully saturated rings. The Morgan fingerprint density at radius 1 is 0.448 bits per heavy atom. The highest BCUT2D eigenvalue weighted by atomic mass is 16.3. The molecule has 67 heavy (non-hydrogen) atoms. The first-order valence-corrected chi connectivity index (χ1v) is 23.1. The zero-order valence-corrected chi connectivity index (χ0v) is 36.7. The molecule has 1 unspecified atom stereocenters. The summed E-state index contributed by atoms with van der Waals surface area (Å²) in [7, 11) is 2.10. The number of hydrogen-bond donors (Lipinski definition) is 0. The van der Waals surface area contributed by atoms with Crippen molar-refractivity contribution < 1.29 is 8.83 Å². The van der Waals surface area contributed by atoms with Gasteiger partial charge >= 0.3 is 0 Å². The first kappa shape index (κ1) is 37.8. The summed E-state index contributed by atoms with van der Waals surface area (Å²) in [4.78, 5) is 13.1. The lowest BCUT2D eigenvalue weighted by Gasteiger charge is -2.33. The molecule has 0 spiro atoms. The van der Waals surface area contributed by atoms with Crippen LogP contribution in [-0.4, -0.2) is 23.6 Å². The van der Waals surface area contributed by atoms with Crippen LogP contribution in [0.25, 0.3) is 99.0 Å². The van der Waals surface area contributed by atoms with Gasteiger partial charge in [-0.15, -0.1) is 0 Å². The maximum absolute atomic E-state index is 6.87. The van der Waals surface area contributed by atoms with E-state index in [9.17, 15) is 0 Å². The SMILES string of the molecule is CN1C(c2ccc3c(c2)oc2ccccc23)=NC(c2ccccc2)=NC1c1cc2oc3ccc(C4=Cc5c(ccc6ccccc56)CC4)cc3c2cc1-c1ccc2ccc3ccccc3c2c1. The topological polar surface area (TPSA) is 54.2 Å². The number of benzene rings is 10. The standard InChI is InChI=1S/C62H41N3O2/c1-65-61(45-27-29-49-48-17-9-10-18-56(48)66-58(49)34-45)63-60(41-13-3-2-4-14-41)64-62(65)55-36-59-54(35-52(55)44-26-24-40-22-20-38-12-6-8-16-47(38)51(40)33-44)53-32-43(28-30-57(53)67-59)42-25-23-39-21-19-37-11-5-7-15-46(37)50(39)31-42/h2-22,24,26-36,62H,23,25H2,1H3. The number of nitrogens with zero attached hydrogens (tertiary/aromatic N) is 3. The minimum absolute atomic E-state index is 0.456. The van der Waals surface area contributed by atoms with Gasteiger partial charge in [-0.2, -0.15) is 0 Å². The van der Waals surface area contributed by atoms with Crippen LogP contribution in [-0.2, 0) is 6.42 Å². The summed E-state index contributed by atoms with van der Waals surface area (Å²) in [5, 5.41) is 11.8. The Bertz CT molecular complexity index is 4130. The fourth-order valence-electron chi connectivity index (χ4n) is 10.8. The highest BCUT2D eigenvalue weighted by Crippen LogP contribution is 2.44. The van der Waals surface area contributed by atoms with Gasteiger partial charge in [0.25, 0.3) is 0 Å². The van der Waals surface area contributed by atoms with E-state index in [1.54, 1.807) is 0 Å². The van der Waals surface area contributed by atoms with Gasteiger partial charge < -0.3 is 13.7 Å². The lowest BCUT2D eigenvalue weighted by Crippen LogP contribution is -2.36. The van der Waals surface area contributed by atoms with Crippen molar-refractivity contribution in [1.29, 1.82) is 0 Å². The fourth-order valence-corrected chi connectivity index (χ4v) is 10.8. The van der Waals surface area contributed by atoms with Crippen LogP contribution >= 0.6 is 0 Å². The molecule has 12 aromatic rings. The molecule has 14 rings (SSSR count). The minimum atomic E-state index is -0.456. The number of fused-ring (bicyclic) bond motifs is 12. The number of para-hydroxylation sites is 1. The van der Waals surface area contributed by atoms with E-state index in [4.69, 9.17) is 18.8 Å². The van der Waals surface area contributed by atoms with Crippen molar-refractivity contribution in [3.05, 3.63) is 228 Å². The summed E-state index contributed by atoms with van der Waals surface area (Å²) in [6.45, 7) is 0. The van der Waals surface area contributed by atoms with E-state index >= 15 is 0 Å². The second-order valence-electron chi connectivity index (χ2n) is 18.0. The molecule has 1 aliphatic carbocycles. The molecule has 0 saturated carbocycles. The molecule has 1 aliphatic heterocycles. The molecule has 2 aliphatic rings. The van der Waals surface area contributed by atoms with E-state index in [1.807, 2.05) is 30.3 Å². The molecule has 0 amide bonds. The van der Waals surface area contributed by atoms with Crippen LogP contribution in [0.15, 0.2) is 213 Å². The summed E-state index contributed by atoms with van der Waals surface area (Å²) < 4.78 is 13.3. The van der Waals surface area contributed by atoms with Crippen molar-refractivity contribution in [2.75, 3.05) is 7.05 Å². The number of amidine groups is 2. The predicted octanol–water partition coefficient (Wildman–Crippen LogP) is 15.9. The van der Waals surface area contributed by atoms with Crippen molar-refractivity contribution in [1.82, 2.24) is 4.90 Å². The van der Waals surface area contributed by atoms with E-state index in [0.717, 1.165) is 90.4 Å². The van der Waals surface area contributed by atoms with Gasteiger partial charge in [0.05, 0.1) is 0 Å². The van der Waals surface area contributed by atoms with Gasteiger partial charge in [0.15, 0.2) is 12.0 Å². The number of aliphatic imine (C=N–C) groups is 2. The summed E-state index contributed by atoms with van der Waals surface area (Å²) in [5.74, 6) is 1.48. The maximum Gasteiger partial charge on any atom is 0.159 e. The lowest BCUT2D eigenvalue weighted by atomic mass is 9.85. The number of allylic oxidation sites excluding steroid dienone is 1. The van der Waals surface area contributed by atoms with E-state index < -0.39 is 6.17 Å². The highest BCUT2D eigenvalue weighted by Gasteiger charge is 2.31. The molecule has 5 nitrogen and oxygen atoms in total. The second kappa shape index (κ2) is 14.7. The Hall–Kier alpha value is -8.54. The number of aryl methyl sites for hydroxylation is 1. The summed E-state index contributed by atoms with van der Waals surface area (Å²) in [6, 6.07) is 69.5. The van der Waals surface area contributed by atoms with Crippen molar-refractivity contribution in [3.63, 3.8) is 0 Å². The van der Waals surface area contributed by atoms with E-state index in [0.29, 0.717) is 5.84 Å². The molecule has 10 aromatic carbocycles. The Morgan fingerprint density at radius 2 is 1.07 bits per heavy atom. The van der Waals surface area contributed by atoms with Crippen molar-refractivity contribution >= 4 is 99.5 Å². The molecule has 3 heterocycles. The monoisotopic (exact) mass is 859 g/mol. The molecule has 0 radical (unpaired) electrons. The van der Waals surface area contributed by atoms with Crippen LogP contribution < -0.4 is 0 Å². The number of furan rings is 2. The molecular formula is C62H41N3O2. The molecule has 0 saturated heterocycles. The first-order valence-electron chi connectivity index (χ1n) is 23.1. The predicted molar refractivity (Wildman–Crippen MR) is 278 cm³/mol. The zero-order chi connectivity index (χ0) is 44.2. The van der Waals surface area contributed by atoms with Gasteiger partial charge in [0, 0.05) is 45.3 Å². The van der Waals surface area contributed by atoms with Crippen LogP contribution in [0.4, 0.5) is 0 Å². The smallest absolute Gasteiger partial charge is 0.159 e. The molecule has 1 atom stereocenters. The molecule has 0 N–H and O–H groups in total. The van der Waals surface area contributed by atoms with Gasteiger partial charge in [-0.25, -0.2) is 9.98 Å². The van der Waals surface area contributed by atoms with Crippen molar-refractivity contribution in [3.8, 4) is 11.1 Å². The maximum atomic E-state index is 6.87. The average Bonchev–Trinajstić information content (AvgIpc) is 3.95. The average molecular weight is 860 g/mol. The normalized spacial score (nSPS) is 15.2. The third-order valence-electron chi connectivity index (χ3n) is 14.2. The zero-order valence-electron chi connectivity index (χ0n) is 36.7. The minimum Gasteiger partial charge on any atom is -0.456 e. The Labute approximate surface area is 386 Å². The van der Waals surface area contributed by atoms with Gasteiger partial charge in [-0.05, 0) is 127 Å². The second-order valence-corrected chi connectivity index (χ2v) is 18.0. The third kappa shape index (κ3) is 6.08. The van der Waals surface area contributed by atoms with Gasteiger partial charge in [0.2, 0.25) is 0 Å². The first-order chi connectivity index (χ1) is 33.1. The van der Waals surface area contributed by atoms with E-state index in [-0.39, 0.29) is 0 Å². The van der Waals surface area contributed by atoms with Crippen molar-refractivity contribution in [2.45, 2.75) is 19.0 Å². The molecular weight excluding hydrogens is 819 g/mol. The van der Waals surface area contributed by atoms with Crippen LogP contribution in [0.5, 0.6) is 0 Å². The Kier molecular flexibility index (Phi) is 8.32. The highest BCUT2D eigenvalue weighted by molar-refractivity contribution is 6.16. The summed E-state index contributed by atoms with van der Waals surface area (Å²) >= 11 is 0. The molecule has 2 aromatic heterocycles. The van der Waals surface area contributed by atoms with Gasteiger partial charge in [-0.1, -0.05) is 152 Å². The number of hydrogen-bond acceptors (Lipinski definition) is 5. The number of rotatable bonds is 5. The fraction of sp³-hybridized carbons (Fsp3) is 0.0645. The van der Waals surface area contributed by atoms with E-state index in [1.165, 1.54) is 54.6 Å². The Morgan fingerprint density at radius 3 is 1.94 bits per heavy atom. The van der Waals surface area contributed by atoms with Gasteiger partial charge in [0.1, 0.15) is 28.2 Å². The summed E-state index contributed by atoms with van der Waals surface area (Å²) in [5.41, 5.74) is 13.8. The van der Waals surface area contributed by atoms with Crippen LogP contribution in [0.2, 0.25) is 0 Å². The lowest BCUT2D eigenvalue weighted by molar-refractivity contribution is 0.383. The van der Waals surface area contributed by atoms with Gasteiger partial charge in [-0.3, -0.25) is 0 Å². The summed E-state index contributed by atoms with van der Waals surface area (Å²) in [6.07, 6.45) is 3.95. The van der Waals surface area contributed by atoms with E-state index in [2.05, 4.69) is 182 Å². The largest absolute Gasteiger partial charge is 0.456 e. The molecule has 0 bridgehead atoms. The Balaban J connectivity index is 0.975. The van der Waals surface area contributed by atoms with Crippen LogP contribution in [0.1, 0.15) is 46.0 Å².